The van der Waals surface area contributed by atoms with E-state index in [-0.39, 0.29) is 5.95 Å². The maximum absolute atomic E-state index is 7.45. The second-order valence-corrected chi connectivity index (χ2v) is 3.76. The summed E-state index contributed by atoms with van der Waals surface area (Å²) >= 11 is 2.77. The van der Waals surface area contributed by atoms with Crippen molar-refractivity contribution in [1.29, 1.82) is 0 Å². The molecule has 0 spiro atoms. The fourth-order valence-electron chi connectivity index (χ4n) is 0.823. The van der Waals surface area contributed by atoms with Crippen molar-refractivity contribution in [2.75, 3.05) is 5.73 Å². The normalized spacial score (nSPS) is 10.1. The Morgan fingerprint density at radius 1 is 1.40 bits per heavy atom. The Labute approximate surface area is 93.9 Å². The van der Waals surface area contributed by atoms with E-state index >= 15 is 0 Å². The molecule has 0 bridgehead atoms. The van der Waals surface area contributed by atoms with Gasteiger partial charge in [0.1, 0.15) is 0 Å². The molecule has 0 atom stereocenters. The van der Waals surface area contributed by atoms with Crippen LogP contribution in [0.4, 0.5) is 5.95 Å². The van der Waals surface area contributed by atoms with Crippen LogP contribution in [-0.4, -0.2) is 45.7 Å². The van der Waals surface area contributed by atoms with E-state index in [1.807, 2.05) is 0 Å². The van der Waals surface area contributed by atoms with Crippen molar-refractivity contribution >= 4 is 46.2 Å². The van der Waals surface area contributed by atoms with Gasteiger partial charge in [0.05, 0.1) is 0 Å². The Hall–Kier alpha value is -0.821. The first-order chi connectivity index (χ1) is 7.00. The van der Waals surface area contributed by atoms with Gasteiger partial charge in [-0.3, -0.25) is 5.50 Å². The Morgan fingerprint density at radius 3 is 2.60 bits per heavy atom. The number of aromatic nitrogens is 4. The monoisotopic (exact) mass is 295 g/mol. The molecule has 0 amide bonds. The first kappa shape index (κ1) is 12.3. The molecule has 0 aliphatic carbocycles. The third-order valence-electron chi connectivity index (χ3n) is 1.27. The van der Waals surface area contributed by atoms with Gasteiger partial charge in [-0.25, -0.2) is 0 Å². The number of imidazole rings is 1. The number of hydrogen-bond acceptors (Lipinski definition) is 7. The average Bonchev–Trinajstić information content (AvgIpc) is 2.50. The third kappa shape index (κ3) is 3.67. The third-order valence-corrected chi connectivity index (χ3v) is 1.89. The first-order valence-electron chi connectivity index (χ1n) is 3.57. The second kappa shape index (κ2) is 5.31. The number of anilines is 1. The zero-order valence-electron chi connectivity index (χ0n) is 7.32. The van der Waals surface area contributed by atoms with Crippen LogP contribution < -0.4 is 15.8 Å². The molecule has 0 aromatic carbocycles. The van der Waals surface area contributed by atoms with Crippen LogP contribution in [0.25, 0.3) is 11.2 Å². The van der Waals surface area contributed by atoms with Crippen molar-refractivity contribution in [1.82, 2.24) is 19.9 Å². The molecule has 0 fully saturated rings. The van der Waals surface area contributed by atoms with Gasteiger partial charge in [0.25, 0.3) is 0 Å². The molecule has 0 saturated heterocycles. The quantitative estimate of drug-likeness (QED) is 0.276. The van der Waals surface area contributed by atoms with Gasteiger partial charge in [-0.2, -0.15) is 0 Å². The standard InChI is InChI=1S/C5H4N5Se.H4NO2P/c6-5-9-3-2(4(11)10-5)7-1-8-3;1-4(2)3/h1H,(H3,6,7,8,9,10);2-3H,1H2. The van der Waals surface area contributed by atoms with E-state index < -0.39 is 8.53 Å². The van der Waals surface area contributed by atoms with Gasteiger partial charge in [-0.15, -0.1) is 0 Å². The Kier molecular flexibility index (Phi) is 4.34. The van der Waals surface area contributed by atoms with Crippen molar-refractivity contribution in [3.63, 3.8) is 0 Å². The molecule has 1 radical (unpaired) electrons. The van der Waals surface area contributed by atoms with Gasteiger partial charge in [0.2, 0.25) is 8.53 Å². The van der Waals surface area contributed by atoms with E-state index in [4.69, 9.17) is 15.5 Å². The first-order valence-corrected chi connectivity index (χ1v) is 5.74. The molecule has 0 saturated carbocycles. The average molecular weight is 294 g/mol. The van der Waals surface area contributed by atoms with E-state index in [0.29, 0.717) is 10.2 Å². The van der Waals surface area contributed by atoms with Crippen LogP contribution in [0.1, 0.15) is 0 Å². The molecule has 15 heavy (non-hydrogen) atoms. The molecule has 2 rings (SSSR count). The fourth-order valence-corrected chi connectivity index (χ4v) is 1.33. The van der Waals surface area contributed by atoms with Crippen LogP contribution in [-0.2, 0) is 0 Å². The molecule has 8 nitrogen and oxygen atoms in total. The van der Waals surface area contributed by atoms with E-state index in [2.05, 4.69) is 41.5 Å². The van der Waals surface area contributed by atoms with E-state index in [0.717, 1.165) is 5.52 Å². The van der Waals surface area contributed by atoms with Crippen LogP contribution >= 0.6 is 8.53 Å². The summed E-state index contributed by atoms with van der Waals surface area (Å²) in [4.78, 5) is 29.5. The molecule has 2 aromatic heterocycles. The van der Waals surface area contributed by atoms with Crippen LogP contribution in [0.2, 0.25) is 0 Å². The minimum atomic E-state index is -2.12. The van der Waals surface area contributed by atoms with Gasteiger partial charge >= 0.3 is 69.7 Å². The molecular formula is C5H8N6O2PSe. The second-order valence-electron chi connectivity index (χ2n) is 2.31. The van der Waals surface area contributed by atoms with E-state index in [1.54, 1.807) is 6.33 Å². The van der Waals surface area contributed by atoms with Crippen LogP contribution in [0.15, 0.2) is 6.33 Å². The van der Waals surface area contributed by atoms with Crippen molar-refractivity contribution in [3.8, 4) is 0 Å². The topological polar surface area (TPSA) is 147 Å². The van der Waals surface area contributed by atoms with E-state index in [1.165, 1.54) is 0 Å². The minimum absolute atomic E-state index is 0.235. The number of nitrogen functional groups attached to an aromatic ring is 1. The van der Waals surface area contributed by atoms with Crippen molar-refractivity contribution < 1.29 is 9.79 Å². The van der Waals surface area contributed by atoms with Crippen molar-refractivity contribution in [2.45, 2.75) is 0 Å². The van der Waals surface area contributed by atoms with Gasteiger partial charge in [0.15, 0.2) is 0 Å². The SMILES string of the molecule is NP(O)O.Nc1nc([Se])c2[nH]cnc2n1. The molecular weight excluding hydrogens is 286 g/mol. The molecule has 2 aromatic rings. The number of rotatable bonds is 0. The molecule has 2 heterocycles. The molecule has 7 N–H and O–H groups in total. The van der Waals surface area contributed by atoms with Gasteiger partial charge in [-0.1, -0.05) is 0 Å². The fraction of sp³-hybridized carbons (Fsp3) is 0. The van der Waals surface area contributed by atoms with Gasteiger partial charge in [0, 0.05) is 0 Å². The summed E-state index contributed by atoms with van der Waals surface area (Å²) in [6.07, 6.45) is 1.56. The molecule has 10 heteroatoms. The summed E-state index contributed by atoms with van der Waals surface area (Å²) < 4.78 is 0.699. The van der Waals surface area contributed by atoms with Crippen molar-refractivity contribution in [3.05, 3.63) is 6.33 Å². The summed E-state index contributed by atoms with van der Waals surface area (Å²) in [6.45, 7) is 0. The molecule has 0 aliphatic heterocycles. The van der Waals surface area contributed by atoms with Crippen LogP contribution in [0, 0.1) is 0 Å². The summed E-state index contributed by atoms with van der Waals surface area (Å²) in [7, 11) is -2.12. The zero-order valence-corrected chi connectivity index (χ0v) is 9.93. The number of nitrogens with zero attached hydrogens (tertiary/aromatic N) is 3. The Morgan fingerprint density at radius 2 is 2.00 bits per heavy atom. The Bertz CT molecular complexity index is 445. The zero-order chi connectivity index (χ0) is 11.4. The van der Waals surface area contributed by atoms with Crippen molar-refractivity contribution in [2.24, 2.45) is 5.50 Å². The summed E-state index contributed by atoms with van der Waals surface area (Å²) in [5, 5.41) is 0. The van der Waals surface area contributed by atoms with Gasteiger partial charge in [-0.05, 0) is 0 Å². The summed E-state index contributed by atoms with van der Waals surface area (Å²) in [5.41, 5.74) is 11.1. The Balaban J connectivity index is 0.000000245. The number of nitrogens with two attached hydrogens (primary N) is 2. The predicted octanol–water partition coefficient (Wildman–Crippen LogP) is -2.11. The molecule has 81 valence electrons. The summed E-state index contributed by atoms with van der Waals surface area (Å²) in [6, 6.07) is 0. The predicted molar refractivity (Wildman–Crippen MR) is 57.0 cm³/mol. The number of fused-ring (bicyclic) bond motifs is 1. The summed E-state index contributed by atoms with van der Waals surface area (Å²) in [5.74, 6) is 0.235. The molecule has 0 aliphatic rings. The number of aromatic amines is 1. The number of hydrogen-bond donors (Lipinski definition) is 5. The number of nitrogens with one attached hydrogen (secondary N) is 1. The van der Waals surface area contributed by atoms with Crippen LogP contribution in [0.5, 0.6) is 0 Å². The van der Waals surface area contributed by atoms with Crippen LogP contribution in [0.3, 0.4) is 0 Å². The molecule has 0 unspecified atom stereocenters. The van der Waals surface area contributed by atoms with Gasteiger partial charge < -0.3 is 9.79 Å². The van der Waals surface area contributed by atoms with E-state index in [9.17, 15) is 0 Å². The maximum atomic E-state index is 7.45. The number of H-pyrrole nitrogens is 1.